The molecule has 4 atom stereocenters. The highest BCUT2D eigenvalue weighted by Gasteiger charge is 2.43. The lowest BCUT2D eigenvalue weighted by Gasteiger charge is -2.26. The number of hydrogen-bond donors (Lipinski definition) is 3. The number of ether oxygens (including phenoxy) is 2. The second-order valence-corrected chi connectivity index (χ2v) is 7.02. The van der Waals surface area contributed by atoms with Gasteiger partial charge in [0.15, 0.2) is 0 Å². The molecule has 10 nitrogen and oxygen atoms in total. The lowest BCUT2D eigenvalue weighted by molar-refractivity contribution is -0.0984. The van der Waals surface area contributed by atoms with Crippen LogP contribution in [-0.2, 0) is 18.6 Å². The topological polar surface area (TPSA) is 140 Å². The summed E-state index contributed by atoms with van der Waals surface area (Å²) in [5.74, 6) is 0. The maximum atomic E-state index is 11.9. The molecule has 0 spiro atoms. The van der Waals surface area contributed by atoms with Crippen molar-refractivity contribution in [3.63, 3.8) is 0 Å². The molecule has 1 saturated heterocycles. The second kappa shape index (κ2) is 7.30. The van der Waals surface area contributed by atoms with E-state index in [1.165, 1.54) is 23.8 Å². The van der Waals surface area contributed by atoms with Gasteiger partial charge in [-0.05, 0) is 20.8 Å². The number of hydrogen-bond acceptors (Lipinski definition) is 6. The molecule has 1 fully saturated rings. The third kappa shape index (κ3) is 4.85. The van der Waals surface area contributed by atoms with Gasteiger partial charge in [-0.25, -0.2) is 9.36 Å². The Hall–Kier alpha value is -1.29. The van der Waals surface area contributed by atoms with E-state index in [1.54, 1.807) is 0 Å². The van der Waals surface area contributed by atoms with Gasteiger partial charge in [-0.15, -0.1) is 0 Å². The molecule has 0 amide bonds. The van der Waals surface area contributed by atoms with Gasteiger partial charge < -0.3 is 19.3 Å². The summed E-state index contributed by atoms with van der Waals surface area (Å²) in [6, 6.07) is 1.19. The Morgan fingerprint density at radius 1 is 1.38 bits per heavy atom. The van der Waals surface area contributed by atoms with E-state index >= 15 is 0 Å². The average molecular weight is 364 g/mol. The van der Waals surface area contributed by atoms with Crippen molar-refractivity contribution < 1.29 is 28.3 Å². The molecule has 1 aromatic rings. The summed E-state index contributed by atoms with van der Waals surface area (Å²) in [4.78, 5) is 43.1. The Kier molecular flexibility index (Phi) is 5.79. The standard InChI is InChI=1S/C13H21N2O8P/c1-7(2)21-9-6-11(15-5-4-10(16)14-13(15)17)22-12(9)8(3)23-24(18,19)20/h4-5,7-9,11-12H,6H2,1-3H3,(H,14,16,17)(H2,18,19,20)/t8-,9?,11?,12?/m1/s1. The number of nitrogens with zero attached hydrogens (tertiary/aromatic N) is 1. The Balaban J connectivity index is 2.24. The first-order chi connectivity index (χ1) is 11.1. The van der Waals surface area contributed by atoms with Crippen LogP contribution in [0.1, 0.15) is 33.4 Å². The molecule has 0 saturated carbocycles. The van der Waals surface area contributed by atoms with Gasteiger partial charge in [0.05, 0.1) is 18.3 Å². The van der Waals surface area contributed by atoms with Crippen LogP contribution in [-0.4, -0.2) is 43.8 Å². The molecule has 0 aromatic carbocycles. The first-order valence-electron chi connectivity index (χ1n) is 7.43. The van der Waals surface area contributed by atoms with Crippen LogP contribution in [0.2, 0.25) is 0 Å². The maximum absolute atomic E-state index is 11.9. The number of nitrogens with one attached hydrogen (secondary N) is 1. The van der Waals surface area contributed by atoms with Gasteiger partial charge in [-0.2, -0.15) is 0 Å². The zero-order valence-electron chi connectivity index (χ0n) is 13.5. The molecule has 1 aliphatic heterocycles. The highest BCUT2D eigenvalue weighted by molar-refractivity contribution is 7.46. The number of H-pyrrole nitrogens is 1. The normalized spacial score (nSPS) is 26.0. The Bertz CT molecular complexity index is 723. The Morgan fingerprint density at radius 2 is 2.04 bits per heavy atom. The van der Waals surface area contributed by atoms with Crippen molar-refractivity contribution in [1.29, 1.82) is 0 Å². The van der Waals surface area contributed by atoms with Gasteiger partial charge in [0.1, 0.15) is 12.3 Å². The minimum atomic E-state index is -4.69. The highest BCUT2D eigenvalue weighted by atomic mass is 31.2. The van der Waals surface area contributed by atoms with Crippen LogP contribution in [0.25, 0.3) is 0 Å². The number of aromatic nitrogens is 2. The minimum Gasteiger partial charge on any atom is -0.373 e. The lowest BCUT2D eigenvalue weighted by atomic mass is 10.1. The molecule has 0 aliphatic carbocycles. The first-order valence-corrected chi connectivity index (χ1v) is 8.96. The molecule has 3 unspecified atom stereocenters. The van der Waals surface area contributed by atoms with Crippen molar-refractivity contribution in [3.8, 4) is 0 Å². The average Bonchev–Trinajstić information content (AvgIpc) is 2.79. The van der Waals surface area contributed by atoms with Crippen molar-refractivity contribution in [1.82, 2.24) is 9.55 Å². The fourth-order valence-corrected chi connectivity index (χ4v) is 3.22. The van der Waals surface area contributed by atoms with Crippen molar-refractivity contribution in [2.45, 2.75) is 57.8 Å². The number of phosphoric acid groups is 1. The largest absolute Gasteiger partial charge is 0.469 e. The van der Waals surface area contributed by atoms with Gasteiger partial charge in [0.25, 0.3) is 5.56 Å². The summed E-state index contributed by atoms with van der Waals surface area (Å²) >= 11 is 0. The van der Waals surface area contributed by atoms with E-state index in [0.29, 0.717) is 0 Å². The van der Waals surface area contributed by atoms with Gasteiger partial charge >= 0.3 is 13.5 Å². The van der Waals surface area contributed by atoms with Crippen LogP contribution < -0.4 is 11.2 Å². The van der Waals surface area contributed by atoms with Crippen LogP contribution in [0, 0.1) is 0 Å². The summed E-state index contributed by atoms with van der Waals surface area (Å²) in [7, 11) is -4.69. The van der Waals surface area contributed by atoms with Gasteiger partial charge in [-0.1, -0.05) is 0 Å². The second-order valence-electron chi connectivity index (χ2n) is 5.83. The van der Waals surface area contributed by atoms with Crippen LogP contribution in [0.3, 0.4) is 0 Å². The summed E-state index contributed by atoms with van der Waals surface area (Å²) in [6.07, 6.45) is -1.61. The quantitative estimate of drug-likeness (QED) is 0.605. The SMILES string of the molecule is CC(C)OC1CC(n2ccc(=O)[nH]c2=O)OC1[C@@H](C)OP(=O)(O)O. The number of phosphoric ester groups is 1. The maximum Gasteiger partial charge on any atom is 0.469 e. The number of rotatable bonds is 6. The third-order valence-electron chi connectivity index (χ3n) is 3.49. The molecule has 2 rings (SSSR count). The zero-order chi connectivity index (χ0) is 18.1. The number of aromatic amines is 1. The molecular formula is C13H21N2O8P. The molecule has 2 heterocycles. The summed E-state index contributed by atoms with van der Waals surface area (Å²) in [6.45, 7) is 5.08. The molecule has 1 aromatic heterocycles. The van der Waals surface area contributed by atoms with E-state index in [-0.39, 0.29) is 12.5 Å². The highest BCUT2D eigenvalue weighted by Crippen LogP contribution is 2.41. The third-order valence-corrected chi connectivity index (χ3v) is 4.10. The van der Waals surface area contributed by atoms with Crippen LogP contribution in [0.5, 0.6) is 0 Å². The Morgan fingerprint density at radius 3 is 2.58 bits per heavy atom. The van der Waals surface area contributed by atoms with E-state index in [1.807, 2.05) is 13.8 Å². The van der Waals surface area contributed by atoms with Gasteiger partial charge in [0, 0.05) is 18.7 Å². The fraction of sp³-hybridized carbons (Fsp3) is 0.692. The molecular weight excluding hydrogens is 343 g/mol. The van der Waals surface area contributed by atoms with E-state index in [9.17, 15) is 14.2 Å². The molecule has 3 N–H and O–H groups in total. The lowest BCUT2D eigenvalue weighted by Crippen LogP contribution is -2.37. The van der Waals surface area contributed by atoms with Crippen molar-refractivity contribution in [3.05, 3.63) is 33.1 Å². The van der Waals surface area contributed by atoms with Crippen molar-refractivity contribution in [2.75, 3.05) is 0 Å². The van der Waals surface area contributed by atoms with E-state index < -0.39 is 43.6 Å². The van der Waals surface area contributed by atoms with E-state index in [0.717, 1.165) is 0 Å². The van der Waals surface area contributed by atoms with E-state index in [4.69, 9.17) is 19.3 Å². The predicted molar refractivity (Wildman–Crippen MR) is 82.4 cm³/mol. The molecule has 0 bridgehead atoms. The summed E-state index contributed by atoms with van der Waals surface area (Å²) in [5, 5.41) is 0. The molecule has 136 valence electrons. The monoisotopic (exact) mass is 364 g/mol. The van der Waals surface area contributed by atoms with Crippen LogP contribution in [0.15, 0.2) is 21.9 Å². The predicted octanol–water partition coefficient (Wildman–Crippen LogP) is 0.116. The van der Waals surface area contributed by atoms with Gasteiger partial charge in [0.2, 0.25) is 0 Å². The molecule has 0 radical (unpaired) electrons. The minimum absolute atomic E-state index is 0.158. The van der Waals surface area contributed by atoms with Crippen molar-refractivity contribution >= 4 is 7.82 Å². The fourth-order valence-electron chi connectivity index (χ4n) is 2.66. The Labute approximate surface area is 137 Å². The summed E-state index contributed by atoms with van der Waals surface area (Å²) in [5.41, 5.74) is -1.17. The smallest absolute Gasteiger partial charge is 0.373 e. The zero-order valence-corrected chi connectivity index (χ0v) is 14.4. The summed E-state index contributed by atoms with van der Waals surface area (Å²) < 4.78 is 28.4. The van der Waals surface area contributed by atoms with Crippen molar-refractivity contribution in [2.24, 2.45) is 0 Å². The molecule has 1 aliphatic rings. The van der Waals surface area contributed by atoms with Crippen LogP contribution in [0.4, 0.5) is 0 Å². The van der Waals surface area contributed by atoms with E-state index in [2.05, 4.69) is 9.51 Å². The first kappa shape index (κ1) is 19.0. The molecule has 11 heteroatoms. The molecule has 24 heavy (non-hydrogen) atoms. The van der Waals surface area contributed by atoms with Crippen LogP contribution >= 0.6 is 7.82 Å². The van der Waals surface area contributed by atoms with Gasteiger partial charge in [-0.3, -0.25) is 18.9 Å².